The van der Waals surface area contributed by atoms with Gasteiger partial charge in [-0.1, -0.05) is 0 Å². The molecule has 0 unspecified atom stereocenters. The Bertz CT molecular complexity index is 157. The van der Waals surface area contributed by atoms with Gasteiger partial charge in [-0.15, -0.1) is 0 Å². The van der Waals surface area contributed by atoms with E-state index in [1.165, 1.54) is 0 Å². The number of hydrogen-bond acceptors (Lipinski definition) is 5. The van der Waals surface area contributed by atoms with E-state index in [2.05, 4.69) is 4.74 Å². The molecule has 11 heavy (non-hydrogen) atoms. The van der Waals surface area contributed by atoms with Gasteiger partial charge >= 0.3 is 5.97 Å². The first-order valence-corrected chi connectivity index (χ1v) is 3.32. The lowest BCUT2D eigenvalue weighted by atomic mass is 10.1. The van der Waals surface area contributed by atoms with E-state index in [-0.39, 0.29) is 6.42 Å². The summed E-state index contributed by atoms with van der Waals surface area (Å²) in [4.78, 5) is 10.5. The van der Waals surface area contributed by atoms with Crippen LogP contribution < -0.4 is 0 Å². The van der Waals surface area contributed by atoms with Gasteiger partial charge in [0.25, 0.3) is 0 Å². The summed E-state index contributed by atoms with van der Waals surface area (Å²) >= 11 is 0. The highest BCUT2D eigenvalue weighted by molar-refractivity contribution is 5.76. The fourth-order valence-corrected chi connectivity index (χ4v) is 0.945. The molecule has 1 rings (SSSR count). The first kappa shape index (κ1) is 8.45. The Hall–Kier alpha value is -0.650. The first-order chi connectivity index (χ1) is 5.15. The van der Waals surface area contributed by atoms with Crippen molar-refractivity contribution >= 4 is 5.97 Å². The third kappa shape index (κ3) is 1.68. The monoisotopic (exact) mass is 162 g/mol. The molecular formula is C6H10O5. The predicted octanol–water partition coefficient (Wildman–Crippen LogP) is -1.98. The molecule has 0 saturated carbocycles. The average molecular weight is 162 g/mol. The van der Waals surface area contributed by atoms with Gasteiger partial charge < -0.3 is 20.1 Å². The van der Waals surface area contributed by atoms with Gasteiger partial charge in [-0.3, -0.25) is 0 Å². The summed E-state index contributed by atoms with van der Waals surface area (Å²) in [5.74, 6) is -0.734. The number of aliphatic hydroxyl groups is 3. The van der Waals surface area contributed by atoms with Crippen molar-refractivity contribution in [3.05, 3.63) is 0 Å². The molecule has 0 amide bonds. The second kappa shape index (κ2) is 3.17. The Balaban J connectivity index is 2.46. The molecular weight excluding hydrogens is 152 g/mol. The Kier molecular flexibility index (Phi) is 2.43. The first-order valence-electron chi connectivity index (χ1n) is 3.32. The molecule has 1 aliphatic heterocycles. The number of carbonyl (C=O) groups is 1. The van der Waals surface area contributed by atoms with Crippen LogP contribution in [0, 0.1) is 0 Å². The van der Waals surface area contributed by atoms with Crippen LogP contribution in [0.2, 0.25) is 0 Å². The van der Waals surface area contributed by atoms with Gasteiger partial charge in [0, 0.05) is 6.42 Å². The zero-order valence-electron chi connectivity index (χ0n) is 5.80. The lowest BCUT2D eigenvalue weighted by Gasteiger charge is -2.12. The Morgan fingerprint density at radius 3 is 2.73 bits per heavy atom. The van der Waals surface area contributed by atoms with Crippen molar-refractivity contribution in [2.24, 2.45) is 0 Å². The minimum atomic E-state index is -1.15. The van der Waals surface area contributed by atoms with Crippen LogP contribution >= 0.6 is 0 Å². The standard InChI is InChI=1S/C6H10O5/c7-2-4(9)5-1-3(8)6(10)11-5/h3-5,7-9H,1-2H2/t3-,4-,5+/m0/s1. The molecule has 5 heteroatoms. The van der Waals surface area contributed by atoms with Gasteiger partial charge in [-0.05, 0) is 0 Å². The molecule has 1 aliphatic rings. The van der Waals surface area contributed by atoms with Crippen LogP contribution in [0.5, 0.6) is 0 Å². The quantitative estimate of drug-likeness (QED) is 0.409. The molecule has 3 atom stereocenters. The van der Waals surface area contributed by atoms with Crippen molar-refractivity contribution in [1.29, 1.82) is 0 Å². The van der Waals surface area contributed by atoms with Gasteiger partial charge in [-0.2, -0.15) is 0 Å². The topological polar surface area (TPSA) is 87.0 Å². The fraction of sp³-hybridized carbons (Fsp3) is 0.833. The number of aliphatic hydroxyl groups excluding tert-OH is 3. The van der Waals surface area contributed by atoms with E-state index in [9.17, 15) is 4.79 Å². The SMILES string of the molecule is O=C1O[C@@H]([C@@H](O)CO)C[C@@H]1O. The van der Waals surface area contributed by atoms with Crippen molar-refractivity contribution in [1.82, 2.24) is 0 Å². The molecule has 1 fully saturated rings. The number of hydrogen-bond donors (Lipinski definition) is 3. The highest BCUT2D eigenvalue weighted by atomic mass is 16.6. The average Bonchev–Trinajstić information content (AvgIpc) is 2.31. The van der Waals surface area contributed by atoms with Crippen LogP contribution in [0.25, 0.3) is 0 Å². The smallest absolute Gasteiger partial charge is 0.335 e. The van der Waals surface area contributed by atoms with Crippen molar-refractivity contribution < 1.29 is 24.9 Å². The van der Waals surface area contributed by atoms with Crippen molar-refractivity contribution in [2.75, 3.05) is 6.61 Å². The Morgan fingerprint density at radius 2 is 2.36 bits per heavy atom. The molecule has 0 aliphatic carbocycles. The number of carbonyl (C=O) groups excluding carboxylic acids is 1. The molecule has 0 bridgehead atoms. The fourth-order valence-electron chi connectivity index (χ4n) is 0.945. The van der Waals surface area contributed by atoms with Crippen molar-refractivity contribution in [3.8, 4) is 0 Å². The van der Waals surface area contributed by atoms with Gasteiger partial charge in [0.15, 0.2) is 6.10 Å². The molecule has 0 aromatic rings. The molecule has 0 aromatic heterocycles. The van der Waals surface area contributed by atoms with Crippen LogP contribution in [-0.2, 0) is 9.53 Å². The van der Waals surface area contributed by atoms with E-state index in [4.69, 9.17) is 15.3 Å². The second-order valence-corrected chi connectivity index (χ2v) is 2.48. The summed E-state index contributed by atoms with van der Waals surface area (Å²) in [5.41, 5.74) is 0. The molecule has 0 spiro atoms. The van der Waals surface area contributed by atoms with E-state index in [0.717, 1.165) is 0 Å². The molecule has 1 saturated heterocycles. The van der Waals surface area contributed by atoms with Gasteiger partial charge in [-0.25, -0.2) is 4.79 Å². The van der Waals surface area contributed by atoms with Crippen LogP contribution in [0.3, 0.4) is 0 Å². The summed E-state index contributed by atoms with van der Waals surface area (Å²) in [6.45, 7) is -0.468. The lowest BCUT2D eigenvalue weighted by molar-refractivity contribution is -0.151. The summed E-state index contributed by atoms with van der Waals surface area (Å²) in [5, 5.41) is 26.2. The molecule has 64 valence electrons. The highest BCUT2D eigenvalue weighted by Gasteiger charge is 2.36. The third-order valence-corrected chi connectivity index (χ3v) is 1.61. The lowest BCUT2D eigenvalue weighted by Crippen LogP contribution is -2.29. The van der Waals surface area contributed by atoms with Crippen LogP contribution in [0.1, 0.15) is 6.42 Å². The summed E-state index contributed by atoms with van der Waals surface area (Å²) in [7, 11) is 0. The largest absolute Gasteiger partial charge is 0.457 e. The highest BCUT2D eigenvalue weighted by Crippen LogP contribution is 2.17. The summed E-state index contributed by atoms with van der Waals surface area (Å²) < 4.78 is 4.53. The minimum absolute atomic E-state index is 0.0561. The van der Waals surface area contributed by atoms with Crippen LogP contribution in [0.15, 0.2) is 0 Å². The van der Waals surface area contributed by atoms with Gasteiger partial charge in [0.1, 0.15) is 12.2 Å². The van der Waals surface area contributed by atoms with Gasteiger partial charge in [0.05, 0.1) is 6.61 Å². The number of rotatable bonds is 2. The van der Waals surface area contributed by atoms with Crippen molar-refractivity contribution in [2.45, 2.75) is 24.7 Å². The molecule has 0 aromatic carbocycles. The van der Waals surface area contributed by atoms with E-state index in [1.54, 1.807) is 0 Å². The molecule has 5 nitrogen and oxygen atoms in total. The predicted molar refractivity (Wildman–Crippen MR) is 33.6 cm³/mol. The second-order valence-electron chi connectivity index (χ2n) is 2.48. The maximum atomic E-state index is 10.5. The number of cyclic esters (lactones) is 1. The zero-order chi connectivity index (χ0) is 8.43. The maximum absolute atomic E-state index is 10.5. The van der Waals surface area contributed by atoms with E-state index < -0.39 is 30.9 Å². The molecule has 3 N–H and O–H groups in total. The normalized spacial score (nSPS) is 33.5. The van der Waals surface area contributed by atoms with E-state index >= 15 is 0 Å². The van der Waals surface area contributed by atoms with Crippen LogP contribution in [0.4, 0.5) is 0 Å². The molecule has 1 heterocycles. The number of ether oxygens (including phenoxy) is 1. The summed E-state index contributed by atoms with van der Waals surface area (Å²) in [6, 6.07) is 0. The van der Waals surface area contributed by atoms with Gasteiger partial charge in [0.2, 0.25) is 0 Å². The Morgan fingerprint density at radius 1 is 1.73 bits per heavy atom. The zero-order valence-corrected chi connectivity index (χ0v) is 5.80. The number of esters is 1. The molecule has 0 radical (unpaired) electrons. The van der Waals surface area contributed by atoms with Crippen molar-refractivity contribution in [3.63, 3.8) is 0 Å². The Labute approximate surface area is 63.2 Å². The third-order valence-electron chi connectivity index (χ3n) is 1.61. The van der Waals surface area contributed by atoms with E-state index in [0.29, 0.717) is 0 Å². The summed E-state index contributed by atoms with van der Waals surface area (Å²) in [6.07, 6.45) is -2.94. The minimum Gasteiger partial charge on any atom is -0.457 e. The van der Waals surface area contributed by atoms with E-state index in [1.807, 2.05) is 0 Å². The maximum Gasteiger partial charge on any atom is 0.335 e. The van der Waals surface area contributed by atoms with Crippen LogP contribution in [-0.4, -0.2) is 46.2 Å².